The molecule has 0 spiro atoms. The number of nitrogens with zero attached hydrogens (tertiary/aromatic N) is 3. The summed E-state index contributed by atoms with van der Waals surface area (Å²) in [6.07, 6.45) is 3.63. The van der Waals surface area contributed by atoms with Crippen LogP contribution in [-0.2, 0) is 31.0 Å². The zero-order chi connectivity index (χ0) is 37.5. The van der Waals surface area contributed by atoms with Crippen molar-refractivity contribution in [1.29, 1.82) is 0 Å². The number of aryl methyl sites for hydroxylation is 1. The van der Waals surface area contributed by atoms with E-state index in [1.165, 1.54) is 7.11 Å². The number of likely N-dealkylation sites (N-methyl/N-ethyl adjacent to an activating group) is 1. The number of phenols is 1. The maximum absolute atomic E-state index is 13.7. The summed E-state index contributed by atoms with van der Waals surface area (Å²) in [5, 5.41) is 38.3. The van der Waals surface area contributed by atoms with E-state index in [2.05, 4.69) is 20.5 Å². The predicted molar refractivity (Wildman–Crippen MR) is 188 cm³/mol. The van der Waals surface area contributed by atoms with Crippen molar-refractivity contribution in [2.24, 2.45) is 16.5 Å². The second-order valence-corrected chi connectivity index (χ2v) is 13.7. The topological polar surface area (TPSA) is 242 Å². The highest BCUT2D eigenvalue weighted by atomic mass is 16.6. The van der Waals surface area contributed by atoms with Crippen LogP contribution in [0.15, 0.2) is 29.0 Å². The number of methoxy groups -OCH3 is 1. The SMILES string of the molecule is CCc1ccc(OC)c(O)c1[C@]12CCN(C)C(C)C1(O)CC=C(OC(=O)N1CCCC1CNC(=O)C(CCCN=C(N)N)NC(=O)CC(=O)O)C2. The monoisotopic (exact) mass is 715 g/mol. The smallest absolute Gasteiger partial charge is 0.415 e. The average molecular weight is 716 g/mol. The lowest BCUT2D eigenvalue weighted by Crippen LogP contribution is -2.68. The molecule has 2 aliphatic heterocycles. The molecule has 2 saturated heterocycles. The number of benzene rings is 1. The van der Waals surface area contributed by atoms with Crippen LogP contribution in [0.4, 0.5) is 4.79 Å². The fourth-order valence-electron chi connectivity index (χ4n) is 7.86. The third-order valence-electron chi connectivity index (χ3n) is 10.7. The van der Waals surface area contributed by atoms with Gasteiger partial charge in [-0.1, -0.05) is 13.0 Å². The molecule has 4 unspecified atom stereocenters. The van der Waals surface area contributed by atoms with Crippen molar-refractivity contribution >= 4 is 29.8 Å². The number of fused-ring (bicyclic) bond motifs is 1. The normalized spacial score (nSPS) is 25.2. The number of nitrogens with two attached hydrogens (primary N) is 2. The van der Waals surface area contributed by atoms with Gasteiger partial charge < -0.3 is 56.7 Å². The van der Waals surface area contributed by atoms with Crippen molar-refractivity contribution in [3.8, 4) is 11.5 Å². The van der Waals surface area contributed by atoms with Gasteiger partial charge in [0.05, 0.1) is 18.8 Å². The number of carboxylic acids is 1. The summed E-state index contributed by atoms with van der Waals surface area (Å²) in [5.74, 6) is -2.11. The molecule has 1 aromatic carbocycles. The molecule has 1 aliphatic carbocycles. The van der Waals surface area contributed by atoms with E-state index in [9.17, 15) is 29.4 Å². The van der Waals surface area contributed by atoms with E-state index in [1.807, 2.05) is 27.0 Å². The van der Waals surface area contributed by atoms with Crippen molar-refractivity contribution < 1.29 is 44.0 Å². The molecule has 16 nitrogen and oxygen atoms in total. The van der Waals surface area contributed by atoms with E-state index >= 15 is 0 Å². The van der Waals surface area contributed by atoms with E-state index in [0.717, 1.165) is 5.56 Å². The number of carbonyl (C=O) groups is 4. The van der Waals surface area contributed by atoms with Crippen LogP contribution < -0.4 is 26.8 Å². The molecule has 2 fully saturated rings. The van der Waals surface area contributed by atoms with Crippen LogP contribution >= 0.6 is 0 Å². The Morgan fingerprint density at radius 3 is 2.61 bits per heavy atom. The van der Waals surface area contributed by atoms with E-state index < -0.39 is 53.4 Å². The molecular weight excluding hydrogens is 662 g/mol. The molecule has 0 aromatic heterocycles. The van der Waals surface area contributed by atoms with Gasteiger partial charge in [-0.3, -0.25) is 19.4 Å². The van der Waals surface area contributed by atoms with Crippen molar-refractivity contribution in [1.82, 2.24) is 20.4 Å². The minimum atomic E-state index is -1.33. The fraction of sp³-hybridized carbons (Fsp3) is 0.629. The molecule has 4 rings (SSSR count). The van der Waals surface area contributed by atoms with Crippen LogP contribution in [0.5, 0.6) is 11.5 Å². The number of aliphatic carboxylic acids is 1. The van der Waals surface area contributed by atoms with Gasteiger partial charge >= 0.3 is 12.1 Å². The Balaban J connectivity index is 1.50. The van der Waals surface area contributed by atoms with Gasteiger partial charge in [0.15, 0.2) is 17.5 Å². The number of ether oxygens (including phenoxy) is 2. The van der Waals surface area contributed by atoms with Gasteiger partial charge in [0.1, 0.15) is 18.2 Å². The van der Waals surface area contributed by atoms with Gasteiger partial charge in [0.25, 0.3) is 0 Å². The number of rotatable bonds is 14. The molecule has 0 bridgehead atoms. The Kier molecular flexibility index (Phi) is 12.8. The number of aliphatic imine (C=N–C) groups is 1. The quantitative estimate of drug-likeness (QED) is 0.0619. The Bertz CT molecular complexity index is 1530. The Morgan fingerprint density at radius 1 is 1.20 bits per heavy atom. The third kappa shape index (κ3) is 8.50. The molecule has 9 N–H and O–H groups in total. The number of carboxylic acid groups (broad SMARTS) is 1. The predicted octanol–water partition coefficient (Wildman–Crippen LogP) is 1.06. The molecule has 51 heavy (non-hydrogen) atoms. The fourth-order valence-corrected chi connectivity index (χ4v) is 7.86. The van der Waals surface area contributed by atoms with Crippen LogP contribution in [-0.4, -0.2) is 119 Å². The van der Waals surface area contributed by atoms with Gasteiger partial charge in [-0.15, -0.1) is 0 Å². The zero-order valence-corrected chi connectivity index (χ0v) is 29.9. The lowest BCUT2D eigenvalue weighted by molar-refractivity contribution is -0.141. The Hall–Kier alpha value is -4.57. The molecule has 16 heteroatoms. The molecule has 0 saturated carbocycles. The molecule has 3 amide bonds. The van der Waals surface area contributed by atoms with Crippen LogP contribution in [0, 0.1) is 0 Å². The summed E-state index contributed by atoms with van der Waals surface area (Å²) in [6, 6.07) is 1.92. The molecular formula is C35H53N7O9. The second kappa shape index (κ2) is 16.6. The van der Waals surface area contributed by atoms with E-state index in [-0.39, 0.29) is 50.1 Å². The zero-order valence-electron chi connectivity index (χ0n) is 29.9. The molecule has 3 aliphatic rings. The number of phenolic OH excluding ortho intramolecular Hbond substituents is 1. The summed E-state index contributed by atoms with van der Waals surface area (Å²) in [5.41, 5.74) is 9.95. The van der Waals surface area contributed by atoms with Crippen molar-refractivity contribution in [3.05, 3.63) is 35.1 Å². The van der Waals surface area contributed by atoms with Gasteiger partial charge in [-0.05, 0) is 76.7 Å². The van der Waals surface area contributed by atoms with Gasteiger partial charge in [0, 0.05) is 49.5 Å². The van der Waals surface area contributed by atoms with Crippen molar-refractivity contribution in [2.45, 2.75) is 101 Å². The van der Waals surface area contributed by atoms with Crippen LogP contribution in [0.3, 0.4) is 0 Å². The van der Waals surface area contributed by atoms with E-state index in [1.54, 1.807) is 17.0 Å². The van der Waals surface area contributed by atoms with Crippen LogP contribution in [0.25, 0.3) is 0 Å². The first-order valence-corrected chi connectivity index (χ1v) is 17.5. The number of amides is 3. The maximum Gasteiger partial charge on any atom is 0.415 e. The molecule has 5 atom stereocenters. The van der Waals surface area contributed by atoms with E-state index in [4.69, 9.17) is 26.0 Å². The summed E-state index contributed by atoms with van der Waals surface area (Å²) in [7, 11) is 3.45. The lowest BCUT2D eigenvalue weighted by atomic mass is 9.54. The molecule has 2 heterocycles. The number of aliphatic hydroxyl groups is 1. The number of hydrogen-bond acceptors (Lipinski definition) is 10. The highest BCUT2D eigenvalue weighted by Gasteiger charge is 2.61. The number of nitrogens with one attached hydrogen (secondary N) is 2. The highest BCUT2D eigenvalue weighted by molar-refractivity contribution is 5.96. The molecule has 1 aromatic rings. The largest absolute Gasteiger partial charge is 0.504 e. The minimum absolute atomic E-state index is 0.0244. The second-order valence-electron chi connectivity index (χ2n) is 13.7. The number of likely N-dealkylation sites (tertiary alicyclic amines) is 2. The van der Waals surface area contributed by atoms with Crippen molar-refractivity contribution in [3.63, 3.8) is 0 Å². The summed E-state index contributed by atoms with van der Waals surface area (Å²) in [4.78, 5) is 57.7. The number of piperidine rings is 1. The first-order chi connectivity index (χ1) is 24.2. The first-order valence-electron chi connectivity index (χ1n) is 17.5. The lowest BCUT2D eigenvalue weighted by Gasteiger charge is -2.59. The first kappa shape index (κ1) is 39.2. The standard InChI is InChI=1S/C35H53N7O9/c1-5-22-10-11-26(50-4)30(46)29(22)34-14-17-41(3)21(2)35(34,49)13-12-24(19-34)51-33(48)42-16-7-8-23(42)20-39-31(47)25(9-6-15-38-32(36)37)40-27(43)18-28(44)45/h10-12,21,23,25,46,49H,5-9,13-20H2,1-4H3,(H,39,47)(H,40,43)(H,44,45)(H4,36,37,38)/t21?,23?,25?,34-,35?/m1/s1. The van der Waals surface area contributed by atoms with Crippen LogP contribution in [0.1, 0.15) is 76.3 Å². The van der Waals surface area contributed by atoms with Gasteiger partial charge in [-0.2, -0.15) is 0 Å². The number of hydrogen-bond donors (Lipinski definition) is 7. The average Bonchev–Trinajstić information content (AvgIpc) is 3.56. The third-order valence-corrected chi connectivity index (χ3v) is 10.7. The van der Waals surface area contributed by atoms with Crippen LogP contribution in [0.2, 0.25) is 0 Å². The number of aromatic hydroxyl groups is 1. The highest BCUT2D eigenvalue weighted by Crippen LogP contribution is 2.57. The molecule has 0 radical (unpaired) electrons. The van der Waals surface area contributed by atoms with Crippen molar-refractivity contribution in [2.75, 3.05) is 40.3 Å². The Morgan fingerprint density at radius 2 is 1.94 bits per heavy atom. The number of carbonyl (C=O) groups excluding carboxylic acids is 3. The van der Waals surface area contributed by atoms with Gasteiger partial charge in [0.2, 0.25) is 11.8 Å². The summed E-state index contributed by atoms with van der Waals surface area (Å²) < 4.78 is 11.5. The minimum Gasteiger partial charge on any atom is -0.504 e. The summed E-state index contributed by atoms with van der Waals surface area (Å²) >= 11 is 0. The number of guanidine groups is 1. The Labute approximate surface area is 298 Å². The molecule has 282 valence electrons. The maximum atomic E-state index is 13.7. The van der Waals surface area contributed by atoms with Gasteiger partial charge in [-0.25, -0.2) is 4.79 Å². The van der Waals surface area contributed by atoms with E-state index in [0.29, 0.717) is 62.3 Å². The summed E-state index contributed by atoms with van der Waals surface area (Å²) in [6.45, 7) is 5.30. The number of allylic oxidation sites excluding steroid dienone is 1.